The monoisotopic (exact) mass is 284 g/mol. The van der Waals surface area contributed by atoms with Crippen LogP contribution in [0, 0.1) is 0 Å². The van der Waals surface area contributed by atoms with Crippen molar-refractivity contribution in [1.29, 1.82) is 0 Å². The summed E-state index contributed by atoms with van der Waals surface area (Å²) in [5.74, 6) is 0. The number of hydrogen-bond donors (Lipinski definition) is 3. The van der Waals surface area contributed by atoms with E-state index in [1.165, 1.54) is 17.4 Å². The van der Waals surface area contributed by atoms with E-state index < -0.39 is 10.0 Å². The lowest BCUT2D eigenvalue weighted by Gasteiger charge is -2.10. The number of hydrogen-bond acceptors (Lipinski definition) is 6. The highest BCUT2D eigenvalue weighted by Gasteiger charge is 2.14. The average Bonchev–Trinajstić information content (AvgIpc) is 2.79. The first-order valence-electron chi connectivity index (χ1n) is 5.00. The number of aromatic nitrogens is 1. The number of anilines is 2. The molecule has 0 fully saturated rings. The third kappa shape index (κ3) is 2.97. The van der Waals surface area contributed by atoms with Crippen molar-refractivity contribution in [3.8, 4) is 0 Å². The Morgan fingerprint density at radius 2 is 2.17 bits per heavy atom. The van der Waals surface area contributed by atoms with Crippen LogP contribution in [0.25, 0.3) is 0 Å². The first-order chi connectivity index (χ1) is 8.47. The average molecular weight is 284 g/mol. The molecule has 0 atom stereocenters. The minimum absolute atomic E-state index is 0.0160. The summed E-state index contributed by atoms with van der Waals surface area (Å²) in [5.41, 5.74) is 8.86. The number of nitrogens with zero attached hydrogens (tertiary/aromatic N) is 1. The Bertz CT molecular complexity index is 638. The van der Waals surface area contributed by atoms with Crippen molar-refractivity contribution >= 4 is 32.7 Å². The van der Waals surface area contributed by atoms with E-state index in [-0.39, 0.29) is 4.90 Å². The molecule has 96 valence electrons. The van der Waals surface area contributed by atoms with Crippen LogP contribution in [-0.4, -0.2) is 13.4 Å². The number of rotatable bonds is 4. The number of thiazole rings is 1. The summed E-state index contributed by atoms with van der Waals surface area (Å²) in [5, 5.41) is 9.99. The van der Waals surface area contributed by atoms with E-state index in [2.05, 4.69) is 10.3 Å². The molecule has 0 saturated heterocycles. The Hall–Kier alpha value is -1.64. The first kappa shape index (κ1) is 12.8. The van der Waals surface area contributed by atoms with E-state index in [0.717, 1.165) is 5.69 Å². The molecule has 0 saturated carbocycles. The van der Waals surface area contributed by atoms with E-state index in [0.29, 0.717) is 17.9 Å². The predicted molar refractivity (Wildman–Crippen MR) is 71.7 cm³/mol. The molecule has 0 spiro atoms. The lowest BCUT2D eigenvalue weighted by Crippen LogP contribution is -2.15. The van der Waals surface area contributed by atoms with E-state index in [1.54, 1.807) is 17.6 Å². The van der Waals surface area contributed by atoms with Gasteiger partial charge in [0.1, 0.15) is 4.90 Å². The molecule has 5 N–H and O–H groups in total. The smallest absolute Gasteiger partial charge is 0.240 e. The van der Waals surface area contributed by atoms with Crippen LogP contribution in [0.1, 0.15) is 5.69 Å². The molecule has 2 aromatic rings. The molecule has 0 aliphatic heterocycles. The summed E-state index contributed by atoms with van der Waals surface area (Å²) in [6, 6.07) is 4.53. The highest BCUT2D eigenvalue weighted by atomic mass is 32.2. The summed E-state index contributed by atoms with van der Waals surface area (Å²) in [7, 11) is -3.81. The van der Waals surface area contributed by atoms with Gasteiger partial charge in [-0.1, -0.05) is 0 Å². The van der Waals surface area contributed by atoms with Crippen LogP contribution in [0.15, 0.2) is 34.0 Å². The van der Waals surface area contributed by atoms with E-state index in [4.69, 9.17) is 10.9 Å². The van der Waals surface area contributed by atoms with Gasteiger partial charge in [0.25, 0.3) is 0 Å². The summed E-state index contributed by atoms with van der Waals surface area (Å²) >= 11 is 1.47. The Kier molecular flexibility index (Phi) is 3.50. The molecule has 8 heteroatoms. The molecule has 6 nitrogen and oxygen atoms in total. The molecule has 0 aliphatic rings. The fraction of sp³-hybridized carbons (Fsp3) is 0.100. The number of primary sulfonamides is 1. The van der Waals surface area contributed by atoms with Gasteiger partial charge in [-0.3, -0.25) is 0 Å². The largest absolute Gasteiger partial charge is 0.399 e. The maximum Gasteiger partial charge on any atom is 0.240 e. The Labute approximate surface area is 109 Å². The van der Waals surface area contributed by atoms with Crippen LogP contribution >= 0.6 is 11.3 Å². The van der Waals surface area contributed by atoms with Gasteiger partial charge in [0.2, 0.25) is 10.0 Å². The summed E-state index contributed by atoms with van der Waals surface area (Å²) in [6.07, 6.45) is 0. The number of nitrogen functional groups attached to an aromatic ring is 1. The van der Waals surface area contributed by atoms with Crippen LogP contribution in [0.2, 0.25) is 0 Å². The Morgan fingerprint density at radius 1 is 1.39 bits per heavy atom. The highest BCUT2D eigenvalue weighted by molar-refractivity contribution is 7.89. The Balaban J connectivity index is 2.27. The van der Waals surface area contributed by atoms with Crippen LogP contribution in [0.3, 0.4) is 0 Å². The fourth-order valence-corrected chi connectivity index (χ4v) is 2.74. The topological polar surface area (TPSA) is 111 Å². The summed E-state index contributed by atoms with van der Waals surface area (Å²) in [4.78, 5) is 4.08. The van der Waals surface area contributed by atoms with Crippen molar-refractivity contribution in [3.05, 3.63) is 34.8 Å². The number of nitrogens with two attached hydrogens (primary N) is 2. The minimum Gasteiger partial charge on any atom is -0.399 e. The van der Waals surface area contributed by atoms with Crippen molar-refractivity contribution in [2.75, 3.05) is 11.1 Å². The van der Waals surface area contributed by atoms with Crippen molar-refractivity contribution in [2.24, 2.45) is 5.14 Å². The fourth-order valence-electron chi connectivity index (χ4n) is 1.43. The lowest BCUT2D eigenvalue weighted by atomic mass is 10.3. The predicted octanol–water partition coefficient (Wildman–Crippen LogP) is 0.985. The van der Waals surface area contributed by atoms with Gasteiger partial charge in [-0.15, -0.1) is 11.3 Å². The molecular weight excluding hydrogens is 272 g/mol. The minimum atomic E-state index is -3.81. The standard InChI is InChI=1S/C10H12N4O2S2/c11-7-1-2-9(10(3-7)18(12,15)16)13-4-8-5-17-6-14-8/h1-3,5-6,13H,4,11H2,(H2,12,15,16). The lowest BCUT2D eigenvalue weighted by molar-refractivity contribution is 0.598. The van der Waals surface area contributed by atoms with Gasteiger partial charge in [-0.05, 0) is 18.2 Å². The molecule has 0 unspecified atom stereocenters. The van der Waals surface area contributed by atoms with Crippen molar-refractivity contribution in [2.45, 2.75) is 11.4 Å². The van der Waals surface area contributed by atoms with Crippen molar-refractivity contribution in [3.63, 3.8) is 0 Å². The van der Waals surface area contributed by atoms with Crippen LogP contribution in [0.5, 0.6) is 0 Å². The quantitative estimate of drug-likeness (QED) is 0.725. The third-order valence-electron chi connectivity index (χ3n) is 2.26. The number of sulfonamides is 1. The van der Waals surface area contributed by atoms with E-state index in [9.17, 15) is 8.42 Å². The van der Waals surface area contributed by atoms with Gasteiger partial charge >= 0.3 is 0 Å². The van der Waals surface area contributed by atoms with Gasteiger partial charge < -0.3 is 11.1 Å². The second-order valence-electron chi connectivity index (χ2n) is 3.63. The molecular formula is C10H12N4O2S2. The van der Waals surface area contributed by atoms with Gasteiger partial charge in [0, 0.05) is 11.1 Å². The van der Waals surface area contributed by atoms with Gasteiger partial charge in [0.05, 0.1) is 23.4 Å². The maximum absolute atomic E-state index is 11.4. The van der Waals surface area contributed by atoms with Crippen LogP contribution < -0.4 is 16.2 Å². The van der Waals surface area contributed by atoms with Gasteiger partial charge in [-0.25, -0.2) is 18.5 Å². The molecule has 2 rings (SSSR count). The number of nitrogens with one attached hydrogen (secondary N) is 1. The normalized spacial score (nSPS) is 11.4. The maximum atomic E-state index is 11.4. The highest BCUT2D eigenvalue weighted by Crippen LogP contribution is 2.23. The van der Waals surface area contributed by atoms with Gasteiger partial charge in [0.15, 0.2) is 0 Å². The molecule has 1 aromatic heterocycles. The second kappa shape index (κ2) is 4.92. The van der Waals surface area contributed by atoms with Gasteiger partial charge in [-0.2, -0.15) is 0 Å². The first-order valence-corrected chi connectivity index (χ1v) is 7.49. The van der Waals surface area contributed by atoms with Crippen LogP contribution in [0.4, 0.5) is 11.4 Å². The summed E-state index contributed by atoms with van der Waals surface area (Å²) in [6.45, 7) is 0.427. The molecule has 18 heavy (non-hydrogen) atoms. The summed E-state index contributed by atoms with van der Waals surface area (Å²) < 4.78 is 22.9. The van der Waals surface area contributed by atoms with Crippen molar-refractivity contribution in [1.82, 2.24) is 4.98 Å². The SMILES string of the molecule is Nc1ccc(NCc2cscn2)c(S(N)(=O)=O)c1. The Morgan fingerprint density at radius 3 is 2.78 bits per heavy atom. The van der Waals surface area contributed by atoms with Crippen molar-refractivity contribution < 1.29 is 8.42 Å². The molecule has 0 aliphatic carbocycles. The number of benzene rings is 1. The van der Waals surface area contributed by atoms with Crippen LogP contribution in [-0.2, 0) is 16.6 Å². The van der Waals surface area contributed by atoms with E-state index >= 15 is 0 Å². The molecule has 1 heterocycles. The molecule has 0 amide bonds. The zero-order valence-corrected chi connectivity index (χ0v) is 11.0. The molecule has 0 radical (unpaired) electrons. The molecule has 0 bridgehead atoms. The zero-order valence-electron chi connectivity index (χ0n) is 9.33. The third-order valence-corrected chi connectivity index (χ3v) is 3.84. The zero-order chi connectivity index (χ0) is 13.2. The molecule has 1 aromatic carbocycles. The van der Waals surface area contributed by atoms with E-state index in [1.807, 2.05) is 5.38 Å². The second-order valence-corrected chi connectivity index (χ2v) is 5.88.